The lowest BCUT2D eigenvalue weighted by Gasteiger charge is -2.15. The van der Waals surface area contributed by atoms with Crippen LogP contribution in [0.2, 0.25) is 0 Å². The summed E-state index contributed by atoms with van der Waals surface area (Å²) in [5, 5.41) is 0. The molecule has 0 amide bonds. The number of aromatic amines is 1. The maximum Gasteiger partial charge on any atom is 0.346 e. The summed E-state index contributed by atoms with van der Waals surface area (Å²) < 4.78 is 19.6. The van der Waals surface area contributed by atoms with Gasteiger partial charge in [-0.1, -0.05) is 48.0 Å². The first-order chi connectivity index (χ1) is 13.6. The molecule has 1 aromatic heterocycles. The molecule has 0 spiro atoms. The van der Waals surface area contributed by atoms with Crippen LogP contribution < -0.4 is 10.4 Å². The minimum Gasteiger partial charge on any atom is -0.453 e. The van der Waals surface area contributed by atoms with Crippen LogP contribution in [0.1, 0.15) is 5.56 Å². The lowest BCUT2D eigenvalue weighted by atomic mass is 10.1. The zero-order chi connectivity index (χ0) is 19.5. The second kappa shape index (κ2) is 7.48. The van der Waals surface area contributed by atoms with E-state index in [2.05, 4.69) is 9.97 Å². The van der Waals surface area contributed by atoms with E-state index < -0.39 is 5.69 Å². The van der Waals surface area contributed by atoms with Gasteiger partial charge in [-0.25, -0.2) is 9.18 Å². The molecule has 0 aliphatic rings. The molecule has 0 radical (unpaired) electrons. The Hall–Kier alpha value is -3.73. The van der Waals surface area contributed by atoms with Crippen molar-refractivity contribution in [3.8, 4) is 34.0 Å². The summed E-state index contributed by atoms with van der Waals surface area (Å²) in [6, 6.07) is 22.8. The van der Waals surface area contributed by atoms with Gasteiger partial charge in [0.05, 0.1) is 5.69 Å². The van der Waals surface area contributed by atoms with Crippen molar-refractivity contribution in [2.24, 2.45) is 0 Å². The van der Waals surface area contributed by atoms with E-state index in [1.54, 1.807) is 12.1 Å². The van der Waals surface area contributed by atoms with E-state index in [1.807, 2.05) is 61.5 Å². The lowest BCUT2D eigenvalue weighted by molar-refractivity contribution is 0.481. The van der Waals surface area contributed by atoms with Gasteiger partial charge in [0.1, 0.15) is 17.3 Å². The molecule has 0 saturated carbocycles. The van der Waals surface area contributed by atoms with E-state index in [4.69, 9.17) is 4.74 Å². The first kappa shape index (κ1) is 17.7. The number of aromatic nitrogens is 2. The molecule has 1 heterocycles. The average Bonchev–Trinajstić information content (AvgIpc) is 2.72. The molecule has 5 heteroatoms. The predicted octanol–water partition coefficient (Wildman–Crippen LogP) is 5.34. The lowest BCUT2D eigenvalue weighted by Crippen LogP contribution is -2.14. The van der Waals surface area contributed by atoms with Gasteiger partial charge in [0.2, 0.25) is 0 Å². The van der Waals surface area contributed by atoms with Crippen molar-refractivity contribution < 1.29 is 9.13 Å². The van der Waals surface area contributed by atoms with Crippen molar-refractivity contribution in [2.45, 2.75) is 6.92 Å². The Labute approximate surface area is 161 Å². The normalized spacial score (nSPS) is 10.6. The van der Waals surface area contributed by atoms with E-state index >= 15 is 0 Å². The highest BCUT2D eigenvalue weighted by Gasteiger charge is 2.18. The quantitative estimate of drug-likeness (QED) is 0.526. The maximum atomic E-state index is 13.4. The van der Waals surface area contributed by atoms with Crippen LogP contribution >= 0.6 is 0 Å². The average molecular weight is 372 g/mol. The molecule has 4 nitrogen and oxygen atoms in total. The van der Waals surface area contributed by atoms with Crippen LogP contribution in [0.25, 0.3) is 22.5 Å². The molecule has 0 unspecified atom stereocenters. The van der Waals surface area contributed by atoms with Gasteiger partial charge in [0.15, 0.2) is 5.75 Å². The van der Waals surface area contributed by atoms with Crippen LogP contribution in [-0.4, -0.2) is 9.97 Å². The Bertz CT molecular complexity index is 1150. The van der Waals surface area contributed by atoms with Gasteiger partial charge in [0, 0.05) is 11.1 Å². The van der Waals surface area contributed by atoms with Crippen LogP contribution in [0, 0.1) is 12.7 Å². The molecule has 4 aromatic rings. The molecule has 3 aromatic carbocycles. The number of hydrogen-bond acceptors (Lipinski definition) is 3. The summed E-state index contributed by atoms with van der Waals surface area (Å²) in [4.78, 5) is 19.2. The summed E-state index contributed by atoms with van der Waals surface area (Å²) in [7, 11) is 0. The van der Waals surface area contributed by atoms with E-state index in [1.165, 1.54) is 12.1 Å². The van der Waals surface area contributed by atoms with Crippen LogP contribution in [0.3, 0.4) is 0 Å². The predicted molar refractivity (Wildman–Crippen MR) is 107 cm³/mol. The molecule has 1 N–H and O–H groups in total. The Kier molecular flexibility index (Phi) is 4.72. The van der Waals surface area contributed by atoms with Crippen molar-refractivity contribution in [2.75, 3.05) is 0 Å². The van der Waals surface area contributed by atoms with Crippen LogP contribution in [0.5, 0.6) is 11.5 Å². The number of H-pyrrole nitrogens is 1. The van der Waals surface area contributed by atoms with Crippen molar-refractivity contribution in [3.05, 3.63) is 101 Å². The molecule has 0 bridgehead atoms. The number of aryl methyl sites for hydroxylation is 1. The zero-order valence-electron chi connectivity index (χ0n) is 15.1. The minimum atomic E-state index is -0.505. The van der Waals surface area contributed by atoms with Crippen molar-refractivity contribution >= 4 is 0 Å². The molecular weight excluding hydrogens is 355 g/mol. The standard InChI is InChI=1S/C23H17FN2O2/c1-15-7-13-19(14-8-15)28-22-20(16-5-3-2-4-6-16)25-23(27)26-21(22)17-9-11-18(24)12-10-17/h2-14H,1H3,(H,25,26,27). The summed E-state index contributed by atoms with van der Waals surface area (Å²) in [6.07, 6.45) is 0. The largest absolute Gasteiger partial charge is 0.453 e. The smallest absolute Gasteiger partial charge is 0.346 e. The second-order valence-corrected chi connectivity index (χ2v) is 6.38. The minimum absolute atomic E-state index is 0.357. The van der Waals surface area contributed by atoms with Gasteiger partial charge in [-0.3, -0.25) is 0 Å². The van der Waals surface area contributed by atoms with E-state index in [9.17, 15) is 9.18 Å². The van der Waals surface area contributed by atoms with Crippen LogP contribution in [-0.2, 0) is 0 Å². The third-order valence-electron chi connectivity index (χ3n) is 4.31. The fourth-order valence-corrected chi connectivity index (χ4v) is 2.90. The molecule has 0 aliphatic heterocycles. The number of benzene rings is 3. The fourth-order valence-electron chi connectivity index (χ4n) is 2.90. The molecule has 0 atom stereocenters. The third kappa shape index (κ3) is 3.69. The molecular formula is C23H17FN2O2. The Morgan fingerprint density at radius 1 is 0.857 bits per heavy atom. The van der Waals surface area contributed by atoms with Crippen LogP contribution in [0.4, 0.5) is 4.39 Å². The first-order valence-corrected chi connectivity index (χ1v) is 8.80. The highest BCUT2D eigenvalue weighted by Crippen LogP contribution is 2.38. The number of nitrogens with zero attached hydrogens (tertiary/aromatic N) is 1. The summed E-state index contributed by atoms with van der Waals surface area (Å²) in [5.41, 5.74) is 2.84. The van der Waals surface area contributed by atoms with Gasteiger partial charge in [-0.2, -0.15) is 4.98 Å². The van der Waals surface area contributed by atoms with E-state index in [-0.39, 0.29) is 5.82 Å². The van der Waals surface area contributed by atoms with E-state index in [0.29, 0.717) is 28.5 Å². The number of nitrogens with one attached hydrogen (secondary N) is 1. The molecule has 138 valence electrons. The number of halogens is 1. The monoisotopic (exact) mass is 372 g/mol. The molecule has 4 rings (SSSR count). The Balaban J connectivity index is 1.94. The molecule has 0 aliphatic carbocycles. The second-order valence-electron chi connectivity index (χ2n) is 6.38. The van der Waals surface area contributed by atoms with Gasteiger partial charge in [0.25, 0.3) is 0 Å². The number of rotatable bonds is 4. The zero-order valence-corrected chi connectivity index (χ0v) is 15.1. The molecule has 0 fully saturated rings. The van der Waals surface area contributed by atoms with Crippen molar-refractivity contribution in [1.29, 1.82) is 0 Å². The Morgan fingerprint density at radius 2 is 1.54 bits per heavy atom. The van der Waals surface area contributed by atoms with Gasteiger partial charge in [-0.15, -0.1) is 0 Å². The maximum absolute atomic E-state index is 13.4. The topological polar surface area (TPSA) is 55.0 Å². The summed E-state index contributed by atoms with van der Waals surface area (Å²) >= 11 is 0. The number of hydrogen-bond donors (Lipinski definition) is 1. The highest BCUT2D eigenvalue weighted by molar-refractivity contribution is 5.77. The SMILES string of the molecule is Cc1ccc(Oc2c(-c3ccccc3)nc(=O)[nH]c2-c2ccc(F)cc2)cc1. The highest BCUT2D eigenvalue weighted by atomic mass is 19.1. The molecule has 28 heavy (non-hydrogen) atoms. The Morgan fingerprint density at radius 3 is 2.21 bits per heavy atom. The number of ether oxygens (including phenoxy) is 1. The van der Waals surface area contributed by atoms with Crippen molar-refractivity contribution in [3.63, 3.8) is 0 Å². The van der Waals surface area contributed by atoms with Crippen molar-refractivity contribution in [1.82, 2.24) is 9.97 Å². The van der Waals surface area contributed by atoms with Gasteiger partial charge in [-0.05, 0) is 43.3 Å². The van der Waals surface area contributed by atoms with Gasteiger partial charge >= 0.3 is 5.69 Å². The third-order valence-corrected chi connectivity index (χ3v) is 4.31. The van der Waals surface area contributed by atoms with Gasteiger partial charge < -0.3 is 9.72 Å². The van der Waals surface area contributed by atoms with Crippen LogP contribution in [0.15, 0.2) is 83.7 Å². The van der Waals surface area contributed by atoms with E-state index in [0.717, 1.165) is 11.1 Å². The summed E-state index contributed by atoms with van der Waals surface area (Å²) in [5.74, 6) is 0.658. The summed E-state index contributed by atoms with van der Waals surface area (Å²) in [6.45, 7) is 1.99. The fraction of sp³-hybridized carbons (Fsp3) is 0.0435. The first-order valence-electron chi connectivity index (χ1n) is 8.80. The molecule has 0 saturated heterocycles.